The maximum absolute atomic E-state index is 13.2. The fourth-order valence-electron chi connectivity index (χ4n) is 1.55. The molecule has 0 aliphatic carbocycles. The van der Waals surface area contributed by atoms with Crippen LogP contribution in [-0.2, 0) is 6.54 Å². The third-order valence-electron chi connectivity index (χ3n) is 2.36. The van der Waals surface area contributed by atoms with E-state index in [-0.39, 0.29) is 19.7 Å². The van der Waals surface area contributed by atoms with E-state index in [4.69, 9.17) is 15.6 Å². The van der Waals surface area contributed by atoms with Gasteiger partial charge in [-0.25, -0.2) is 4.39 Å². The van der Waals surface area contributed by atoms with E-state index in [0.717, 1.165) is 0 Å². The number of benzene rings is 1. The van der Waals surface area contributed by atoms with Gasteiger partial charge in [-0.05, 0) is 17.7 Å². The van der Waals surface area contributed by atoms with Crippen molar-refractivity contribution in [2.24, 2.45) is 0 Å². The smallest absolute Gasteiger partial charge is 0.124 e. The monoisotopic (exact) mass is 257 g/mol. The second kappa shape index (κ2) is 7.84. The molecule has 19 heavy (non-hydrogen) atoms. The van der Waals surface area contributed by atoms with Gasteiger partial charge in [0.25, 0.3) is 0 Å². The Morgan fingerprint density at radius 3 is 2.47 bits per heavy atom. The summed E-state index contributed by atoms with van der Waals surface area (Å²) in [5.41, 5.74) is 1.17. The zero-order chi connectivity index (χ0) is 14.1. The van der Waals surface area contributed by atoms with Gasteiger partial charge in [-0.15, -0.1) is 0 Å². The van der Waals surface area contributed by atoms with E-state index in [1.54, 1.807) is 11.0 Å². The van der Waals surface area contributed by atoms with Crippen LogP contribution in [0.25, 0.3) is 0 Å². The first kappa shape index (κ1) is 14.7. The van der Waals surface area contributed by atoms with Crippen LogP contribution in [0.5, 0.6) is 0 Å². The fraction of sp³-hybridized carbons (Fsp3) is 0.286. The van der Waals surface area contributed by atoms with Crippen LogP contribution in [0.15, 0.2) is 18.2 Å². The highest BCUT2D eigenvalue weighted by molar-refractivity contribution is 5.41. The molecule has 4 nitrogen and oxygen atoms in total. The number of aliphatic hydroxyl groups is 1. The first-order valence-electron chi connectivity index (χ1n) is 5.55. The first-order valence-corrected chi connectivity index (χ1v) is 5.55. The second-order valence-electron chi connectivity index (χ2n) is 3.72. The van der Waals surface area contributed by atoms with Gasteiger partial charge in [0.2, 0.25) is 0 Å². The molecule has 0 saturated heterocycles. The molecule has 0 amide bonds. The number of nitrogens with zero attached hydrogens (tertiary/aromatic N) is 3. The third-order valence-corrected chi connectivity index (χ3v) is 2.36. The molecule has 0 unspecified atom stereocenters. The lowest BCUT2D eigenvalue weighted by Gasteiger charge is -2.16. The van der Waals surface area contributed by atoms with Crippen molar-refractivity contribution in [2.75, 3.05) is 19.7 Å². The molecule has 1 aromatic rings. The summed E-state index contributed by atoms with van der Waals surface area (Å²) in [5.74, 6) is 4.70. The molecule has 0 saturated carbocycles. The number of halogens is 1. The minimum atomic E-state index is -0.418. The van der Waals surface area contributed by atoms with Gasteiger partial charge in [-0.3, -0.25) is 4.90 Å². The van der Waals surface area contributed by atoms with Gasteiger partial charge in [0.1, 0.15) is 12.4 Å². The Kier molecular flexibility index (Phi) is 6.06. The lowest BCUT2D eigenvalue weighted by molar-refractivity contribution is 0.334. The maximum Gasteiger partial charge on any atom is 0.124 e. The molecule has 0 atom stereocenters. The molecule has 96 valence electrons. The number of rotatable bonds is 4. The fourth-order valence-corrected chi connectivity index (χ4v) is 1.55. The van der Waals surface area contributed by atoms with E-state index >= 15 is 0 Å². The molecule has 0 aliphatic rings. The van der Waals surface area contributed by atoms with Gasteiger partial charge in [-0.1, -0.05) is 17.9 Å². The van der Waals surface area contributed by atoms with Crippen LogP contribution < -0.4 is 0 Å². The predicted molar refractivity (Wildman–Crippen MR) is 66.9 cm³/mol. The molecule has 1 N–H and O–H groups in total. The number of hydrogen-bond acceptors (Lipinski definition) is 4. The van der Waals surface area contributed by atoms with Crippen LogP contribution in [0, 0.1) is 40.3 Å². The number of hydrogen-bond donors (Lipinski definition) is 1. The lowest BCUT2D eigenvalue weighted by atomic mass is 10.1. The summed E-state index contributed by atoms with van der Waals surface area (Å²) in [6, 6.07) is 8.09. The van der Waals surface area contributed by atoms with Crippen LogP contribution >= 0.6 is 0 Å². The standard InChI is InChI=1S/C14H12FN3O/c15-14-4-3-13(12(10-14)2-1-9-19)11-18(7-5-16)8-6-17/h3-4,10,19H,7-9,11H2. The molecule has 0 fully saturated rings. The summed E-state index contributed by atoms with van der Waals surface area (Å²) in [6.45, 7) is 0.239. The molecule has 0 radical (unpaired) electrons. The van der Waals surface area contributed by atoms with Crippen LogP contribution in [-0.4, -0.2) is 29.7 Å². The summed E-state index contributed by atoms with van der Waals surface area (Å²) < 4.78 is 13.2. The minimum absolute atomic E-state index is 0.109. The Morgan fingerprint density at radius 2 is 1.89 bits per heavy atom. The van der Waals surface area contributed by atoms with Gasteiger partial charge in [0.15, 0.2) is 0 Å². The Bertz CT molecular complexity index is 559. The van der Waals surface area contributed by atoms with Gasteiger partial charge in [0.05, 0.1) is 25.2 Å². The van der Waals surface area contributed by atoms with Crippen LogP contribution in [0.4, 0.5) is 4.39 Å². The summed E-state index contributed by atoms with van der Waals surface area (Å²) in [5, 5.41) is 26.0. The van der Waals surface area contributed by atoms with Gasteiger partial charge in [0, 0.05) is 12.1 Å². The molecule has 0 aromatic heterocycles. The molecule has 0 bridgehead atoms. The largest absolute Gasteiger partial charge is 0.384 e. The van der Waals surface area contributed by atoms with Crippen LogP contribution in [0.3, 0.4) is 0 Å². The van der Waals surface area contributed by atoms with E-state index in [1.165, 1.54) is 12.1 Å². The highest BCUT2D eigenvalue weighted by Gasteiger charge is 2.08. The highest BCUT2D eigenvalue weighted by atomic mass is 19.1. The van der Waals surface area contributed by atoms with E-state index in [9.17, 15) is 4.39 Å². The summed E-state index contributed by atoms with van der Waals surface area (Å²) in [6.07, 6.45) is 0. The number of nitriles is 2. The number of aliphatic hydroxyl groups excluding tert-OH is 1. The van der Waals surface area contributed by atoms with E-state index < -0.39 is 5.82 Å². The van der Waals surface area contributed by atoms with E-state index in [1.807, 2.05) is 12.1 Å². The van der Waals surface area contributed by atoms with Crippen molar-refractivity contribution in [2.45, 2.75) is 6.54 Å². The first-order chi connectivity index (χ1) is 9.21. The predicted octanol–water partition coefficient (Wildman–Crippen LogP) is 1.02. The van der Waals surface area contributed by atoms with Crippen LogP contribution in [0.1, 0.15) is 11.1 Å². The van der Waals surface area contributed by atoms with Crippen molar-refractivity contribution in [1.29, 1.82) is 10.5 Å². The zero-order valence-electron chi connectivity index (χ0n) is 10.2. The molecule has 0 aliphatic heterocycles. The Hall–Kier alpha value is -2.39. The minimum Gasteiger partial charge on any atom is -0.384 e. The van der Waals surface area contributed by atoms with Crippen LogP contribution in [0.2, 0.25) is 0 Å². The van der Waals surface area contributed by atoms with Crippen molar-refractivity contribution < 1.29 is 9.50 Å². The third kappa shape index (κ3) is 4.77. The Labute approximate surface area is 111 Å². The Morgan fingerprint density at radius 1 is 1.21 bits per heavy atom. The summed E-state index contributed by atoms with van der Waals surface area (Å²) in [7, 11) is 0. The highest BCUT2D eigenvalue weighted by Crippen LogP contribution is 2.13. The average Bonchev–Trinajstić information content (AvgIpc) is 2.39. The maximum atomic E-state index is 13.2. The normalized spacial score (nSPS) is 9.32. The SMILES string of the molecule is N#CCN(CC#N)Cc1ccc(F)cc1C#CCO. The van der Waals surface area contributed by atoms with Crippen molar-refractivity contribution in [3.63, 3.8) is 0 Å². The molecule has 5 heteroatoms. The topological polar surface area (TPSA) is 71.0 Å². The summed E-state index contributed by atoms with van der Waals surface area (Å²) in [4.78, 5) is 1.62. The molecule has 1 rings (SSSR count). The molecular weight excluding hydrogens is 245 g/mol. The quantitative estimate of drug-likeness (QED) is 0.645. The molecular formula is C14H12FN3O. The zero-order valence-corrected chi connectivity index (χ0v) is 10.2. The van der Waals surface area contributed by atoms with Gasteiger partial charge in [-0.2, -0.15) is 10.5 Å². The Balaban J connectivity index is 2.99. The molecule has 0 spiro atoms. The van der Waals surface area contributed by atoms with Crippen molar-refractivity contribution in [1.82, 2.24) is 4.90 Å². The molecule has 0 heterocycles. The average molecular weight is 257 g/mol. The van der Waals surface area contributed by atoms with Crippen molar-refractivity contribution >= 4 is 0 Å². The van der Waals surface area contributed by atoms with Crippen molar-refractivity contribution in [3.8, 4) is 24.0 Å². The van der Waals surface area contributed by atoms with E-state index in [0.29, 0.717) is 17.7 Å². The van der Waals surface area contributed by atoms with Gasteiger partial charge < -0.3 is 5.11 Å². The lowest BCUT2D eigenvalue weighted by Crippen LogP contribution is -2.24. The van der Waals surface area contributed by atoms with Gasteiger partial charge >= 0.3 is 0 Å². The van der Waals surface area contributed by atoms with E-state index in [2.05, 4.69) is 11.8 Å². The summed E-state index contributed by atoms with van der Waals surface area (Å²) >= 11 is 0. The molecule has 1 aromatic carbocycles. The van der Waals surface area contributed by atoms with Crippen molar-refractivity contribution in [3.05, 3.63) is 35.1 Å². The second-order valence-corrected chi connectivity index (χ2v) is 3.72.